The van der Waals surface area contributed by atoms with Crippen LogP contribution in [0.15, 0.2) is 46.8 Å². The summed E-state index contributed by atoms with van der Waals surface area (Å²) in [5, 5.41) is 3.27. The van der Waals surface area contributed by atoms with Gasteiger partial charge in [-0.15, -0.1) is 11.3 Å². The summed E-state index contributed by atoms with van der Waals surface area (Å²) in [4.78, 5) is 25.9. The van der Waals surface area contributed by atoms with Crippen molar-refractivity contribution in [2.75, 3.05) is 18.4 Å². The first-order valence-corrected chi connectivity index (χ1v) is 12.2. The fraction of sp³-hybridized carbons (Fsp3) is 0.263. The molecular formula is C19H19ClFN5O4S2. The maximum atomic E-state index is 14.2. The minimum Gasteiger partial charge on any atom is -0.351 e. The zero-order chi connectivity index (χ0) is 23.0. The van der Waals surface area contributed by atoms with Crippen LogP contribution in [0.25, 0.3) is 10.9 Å². The van der Waals surface area contributed by atoms with E-state index in [0.717, 1.165) is 11.3 Å². The van der Waals surface area contributed by atoms with E-state index >= 15 is 0 Å². The van der Waals surface area contributed by atoms with E-state index < -0.39 is 34.3 Å². The number of alkyl halides is 1. The van der Waals surface area contributed by atoms with E-state index in [1.165, 1.54) is 27.8 Å². The highest BCUT2D eigenvalue weighted by molar-refractivity contribution is 7.91. The van der Waals surface area contributed by atoms with Crippen LogP contribution in [-0.4, -0.2) is 55.3 Å². The molecule has 3 amide bonds. The monoisotopic (exact) mass is 499 g/mol. The van der Waals surface area contributed by atoms with Gasteiger partial charge in [0.15, 0.2) is 0 Å². The standard InChI is InChI=1S/C19H19ClFN5O4S2/c20-16-5-6-17(31-16)32(29,30)23-8-12-7-11(21)9-25(12)19(28)24-14-10-26(18(22)27)15-4-2-1-3-13(14)15/h1-6,10-12,23H,7-9H2,(H2,22,27)(H,24,28)/t11-,12+/m1/s1. The van der Waals surface area contributed by atoms with Crippen molar-refractivity contribution in [3.63, 3.8) is 0 Å². The molecule has 3 aromatic rings. The maximum absolute atomic E-state index is 14.2. The summed E-state index contributed by atoms with van der Waals surface area (Å²) in [5.74, 6) is 0. The van der Waals surface area contributed by atoms with Crippen LogP contribution in [0.2, 0.25) is 4.34 Å². The molecule has 1 aromatic carbocycles. The molecule has 9 nitrogen and oxygen atoms in total. The van der Waals surface area contributed by atoms with Gasteiger partial charge in [0.25, 0.3) is 0 Å². The Kier molecular flexibility index (Phi) is 6.12. The van der Waals surface area contributed by atoms with Crippen molar-refractivity contribution in [2.45, 2.75) is 22.8 Å². The average Bonchev–Trinajstić information content (AvgIpc) is 3.44. The van der Waals surface area contributed by atoms with Crippen LogP contribution in [0.4, 0.5) is 19.7 Å². The van der Waals surface area contributed by atoms with E-state index in [2.05, 4.69) is 10.0 Å². The van der Waals surface area contributed by atoms with Crippen molar-refractivity contribution in [3.8, 4) is 0 Å². The van der Waals surface area contributed by atoms with Crippen LogP contribution < -0.4 is 15.8 Å². The average molecular weight is 500 g/mol. The second kappa shape index (κ2) is 8.70. The molecule has 3 heterocycles. The van der Waals surface area contributed by atoms with Gasteiger partial charge in [0.05, 0.1) is 22.1 Å². The minimum absolute atomic E-state index is 0.00974. The Balaban J connectivity index is 1.50. The molecular weight excluding hydrogens is 481 g/mol. The fourth-order valence-electron chi connectivity index (χ4n) is 3.67. The molecule has 0 radical (unpaired) electrons. The molecule has 2 atom stereocenters. The maximum Gasteiger partial charge on any atom is 0.323 e. The number of thiophene rings is 1. The lowest BCUT2D eigenvalue weighted by Crippen LogP contribution is -2.44. The molecule has 4 rings (SSSR count). The van der Waals surface area contributed by atoms with E-state index in [9.17, 15) is 22.4 Å². The Bertz CT molecular complexity index is 1290. The van der Waals surface area contributed by atoms with Crippen molar-refractivity contribution >= 4 is 61.6 Å². The van der Waals surface area contributed by atoms with Crippen LogP contribution in [0.1, 0.15) is 6.42 Å². The third-order valence-electron chi connectivity index (χ3n) is 5.14. The molecule has 1 aliphatic heterocycles. The van der Waals surface area contributed by atoms with Gasteiger partial charge >= 0.3 is 12.1 Å². The van der Waals surface area contributed by atoms with E-state index in [4.69, 9.17) is 17.3 Å². The van der Waals surface area contributed by atoms with E-state index in [-0.39, 0.29) is 23.7 Å². The largest absolute Gasteiger partial charge is 0.351 e. The van der Waals surface area contributed by atoms with Gasteiger partial charge in [0.1, 0.15) is 10.4 Å². The molecule has 0 bridgehead atoms. The van der Waals surface area contributed by atoms with Gasteiger partial charge in [-0.2, -0.15) is 0 Å². The number of nitrogens with two attached hydrogens (primary N) is 1. The molecule has 0 spiro atoms. The number of para-hydroxylation sites is 1. The number of carbonyl (C=O) groups is 2. The Hall–Kier alpha value is -2.67. The predicted molar refractivity (Wildman–Crippen MR) is 120 cm³/mol. The Morgan fingerprint density at radius 3 is 2.69 bits per heavy atom. The third kappa shape index (κ3) is 4.44. The summed E-state index contributed by atoms with van der Waals surface area (Å²) in [6.45, 7) is -0.341. The lowest BCUT2D eigenvalue weighted by atomic mass is 10.2. The van der Waals surface area contributed by atoms with Crippen LogP contribution >= 0.6 is 22.9 Å². The molecule has 1 saturated heterocycles. The highest BCUT2D eigenvalue weighted by Crippen LogP contribution is 2.28. The minimum atomic E-state index is -3.84. The number of primary amides is 1. The SMILES string of the molecule is NC(=O)n1cc(NC(=O)N2C[C@H](F)C[C@H]2CNS(=O)(=O)c2ccc(Cl)s2)c2ccccc21. The fourth-order valence-corrected chi connectivity index (χ4v) is 6.27. The number of nitrogens with one attached hydrogen (secondary N) is 2. The van der Waals surface area contributed by atoms with Crippen LogP contribution in [0.3, 0.4) is 0 Å². The lowest BCUT2D eigenvalue weighted by Gasteiger charge is -2.24. The number of rotatable bonds is 5. The van der Waals surface area contributed by atoms with E-state index in [0.29, 0.717) is 20.9 Å². The summed E-state index contributed by atoms with van der Waals surface area (Å²) >= 11 is 6.70. The van der Waals surface area contributed by atoms with Crippen LogP contribution in [0, 0.1) is 0 Å². The molecule has 13 heteroatoms. The first-order valence-electron chi connectivity index (χ1n) is 9.52. The molecule has 0 saturated carbocycles. The Morgan fingerprint density at radius 1 is 1.25 bits per heavy atom. The third-order valence-corrected chi connectivity index (χ3v) is 8.28. The number of likely N-dealkylation sites (tertiary alicyclic amines) is 1. The number of carbonyl (C=O) groups excluding carboxylic acids is 2. The van der Waals surface area contributed by atoms with Crippen molar-refractivity contribution in [1.82, 2.24) is 14.2 Å². The zero-order valence-electron chi connectivity index (χ0n) is 16.5. The number of fused-ring (bicyclic) bond motifs is 1. The van der Waals surface area contributed by atoms with Gasteiger partial charge in [-0.3, -0.25) is 4.57 Å². The molecule has 4 N–H and O–H groups in total. The van der Waals surface area contributed by atoms with Gasteiger partial charge in [0, 0.05) is 30.6 Å². The highest BCUT2D eigenvalue weighted by Gasteiger charge is 2.36. The van der Waals surface area contributed by atoms with E-state index in [1.807, 2.05) is 0 Å². The number of hydrogen-bond acceptors (Lipinski definition) is 5. The molecule has 0 aliphatic carbocycles. The van der Waals surface area contributed by atoms with Gasteiger partial charge in [0.2, 0.25) is 10.0 Å². The molecule has 1 aliphatic rings. The number of benzene rings is 1. The van der Waals surface area contributed by atoms with Crippen LogP contribution in [0.5, 0.6) is 0 Å². The second-order valence-corrected chi connectivity index (χ2v) is 11.0. The summed E-state index contributed by atoms with van der Waals surface area (Å²) in [6.07, 6.45) is 0.0921. The second-order valence-electron chi connectivity index (χ2n) is 7.25. The van der Waals surface area contributed by atoms with Gasteiger partial charge in [-0.25, -0.2) is 27.1 Å². The quantitative estimate of drug-likeness (QED) is 0.498. The number of hydrogen-bond donors (Lipinski definition) is 3. The van der Waals surface area contributed by atoms with Gasteiger partial charge in [-0.05, 0) is 18.2 Å². The first kappa shape index (κ1) is 22.5. The number of halogens is 2. The Morgan fingerprint density at radius 2 is 2.00 bits per heavy atom. The summed E-state index contributed by atoms with van der Waals surface area (Å²) in [7, 11) is -3.84. The van der Waals surface area contributed by atoms with Gasteiger partial charge < -0.3 is 16.0 Å². The highest BCUT2D eigenvalue weighted by atomic mass is 35.5. The van der Waals surface area contributed by atoms with E-state index in [1.54, 1.807) is 24.3 Å². The number of aromatic nitrogens is 1. The zero-order valence-corrected chi connectivity index (χ0v) is 18.9. The van der Waals surface area contributed by atoms with Crippen molar-refractivity contribution < 1.29 is 22.4 Å². The predicted octanol–water partition coefficient (Wildman–Crippen LogP) is 3.21. The van der Waals surface area contributed by atoms with Crippen LogP contribution in [-0.2, 0) is 10.0 Å². The number of urea groups is 1. The van der Waals surface area contributed by atoms with Crippen molar-refractivity contribution in [1.29, 1.82) is 0 Å². The molecule has 32 heavy (non-hydrogen) atoms. The molecule has 170 valence electrons. The number of anilines is 1. The van der Waals surface area contributed by atoms with Crippen molar-refractivity contribution in [2.24, 2.45) is 5.73 Å². The van der Waals surface area contributed by atoms with Crippen molar-refractivity contribution in [3.05, 3.63) is 46.9 Å². The smallest absolute Gasteiger partial charge is 0.323 e. The Labute approximate surface area is 192 Å². The normalized spacial score (nSPS) is 18.9. The molecule has 0 unspecified atom stereocenters. The summed E-state index contributed by atoms with van der Waals surface area (Å²) in [5.41, 5.74) is 6.24. The topological polar surface area (TPSA) is 127 Å². The first-order chi connectivity index (χ1) is 15.2. The van der Waals surface area contributed by atoms with Gasteiger partial charge in [-0.1, -0.05) is 29.8 Å². The number of amides is 3. The molecule has 1 fully saturated rings. The lowest BCUT2D eigenvalue weighted by molar-refractivity contribution is 0.204. The number of nitrogens with zero attached hydrogens (tertiary/aromatic N) is 2. The number of sulfonamides is 1. The molecule has 2 aromatic heterocycles. The summed E-state index contributed by atoms with van der Waals surface area (Å²) in [6, 6.07) is 7.68. The summed E-state index contributed by atoms with van der Waals surface area (Å²) < 4.78 is 43.0.